The van der Waals surface area contributed by atoms with Crippen LogP contribution in [0, 0.1) is 0 Å². The maximum atomic E-state index is 11.9. The summed E-state index contributed by atoms with van der Waals surface area (Å²) in [4.78, 5) is 13.9. The Balaban J connectivity index is 2.34. The highest BCUT2D eigenvalue weighted by molar-refractivity contribution is 6.02. The average molecular weight is 235 g/mol. The molecule has 5 heteroatoms. The van der Waals surface area contributed by atoms with Crippen LogP contribution in [-0.4, -0.2) is 38.1 Å². The first-order chi connectivity index (χ1) is 8.17. The van der Waals surface area contributed by atoms with Gasteiger partial charge in [0.05, 0.1) is 7.11 Å². The number of hydrogen-bond donors (Lipinski definition) is 2. The number of ether oxygens (including phenoxy) is 1. The molecule has 0 saturated carbocycles. The number of anilines is 1. The molecule has 0 bridgehead atoms. The van der Waals surface area contributed by atoms with Crippen molar-refractivity contribution in [1.82, 2.24) is 4.90 Å². The van der Waals surface area contributed by atoms with Crippen LogP contribution >= 0.6 is 0 Å². The third kappa shape index (κ3) is 2.11. The third-order valence-electron chi connectivity index (χ3n) is 2.98. The van der Waals surface area contributed by atoms with Crippen LogP contribution in [0.3, 0.4) is 0 Å². The van der Waals surface area contributed by atoms with Crippen molar-refractivity contribution in [2.24, 2.45) is 5.73 Å². The normalized spacial score (nSPS) is 18.1. The molecule has 1 aromatic carbocycles. The quantitative estimate of drug-likeness (QED) is 0.801. The molecule has 1 heterocycles. The summed E-state index contributed by atoms with van der Waals surface area (Å²) in [5.41, 5.74) is 7.32. The molecule has 92 valence electrons. The minimum atomic E-state index is -0.274. The predicted octanol–water partition coefficient (Wildman–Crippen LogP) is 0.579. The number of nitrogens with zero attached hydrogens (tertiary/aromatic N) is 1. The van der Waals surface area contributed by atoms with Crippen LogP contribution in [0.1, 0.15) is 11.6 Å². The summed E-state index contributed by atoms with van der Waals surface area (Å²) < 4.78 is 5.18. The zero-order chi connectivity index (χ0) is 12.4. The predicted molar refractivity (Wildman–Crippen MR) is 66.0 cm³/mol. The van der Waals surface area contributed by atoms with Crippen LogP contribution in [0.4, 0.5) is 5.69 Å². The van der Waals surface area contributed by atoms with E-state index in [4.69, 9.17) is 10.5 Å². The fourth-order valence-electron chi connectivity index (χ4n) is 2.12. The van der Waals surface area contributed by atoms with Gasteiger partial charge in [0.25, 0.3) is 0 Å². The SMILES string of the molecule is COc1ccc2c(c1)C(N(C)CCN)C(=O)N2. The van der Waals surface area contributed by atoms with Crippen LogP contribution in [0.25, 0.3) is 0 Å². The van der Waals surface area contributed by atoms with Gasteiger partial charge in [-0.1, -0.05) is 0 Å². The molecule has 0 spiro atoms. The molecule has 3 N–H and O–H groups in total. The Kier molecular flexibility index (Phi) is 3.31. The first-order valence-electron chi connectivity index (χ1n) is 5.56. The molecule has 2 rings (SSSR count). The van der Waals surface area contributed by atoms with Crippen LogP contribution in [0.5, 0.6) is 5.75 Å². The van der Waals surface area contributed by atoms with Crippen molar-refractivity contribution in [3.63, 3.8) is 0 Å². The van der Waals surface area contributed by atoms with Crippen molar-refractivity contribution in [1.29, 1.82) is 0 Å². The highest BCUT2D eigenvalue weighted by atomic mass is 16.5. The fraction of sp³-hybridized carbons (Fsp3) is 0.417. The smallest absolute Gasteiger partial charge is 0.246 e. The standard InChI is InChI=1S/C12H17N3O2/c1-15(6-5-13)11-9-7-8(17-2)3-4-10(9)14-12(11)16/h3-4,7,11H,5-6,13H2,1-2H3,(H,14,16). The molecule has 1 aliphatic rings. The molecule has 17 heavy (non-hydrogen) atoms. The number of nitrogens with two attached hydrogens (primary N) is 1. The molecular formula is C12H17N3O2. The molecule has 1 amide bonds. The van der Waals surface area contributed by atoms with Gasteiger partial charge < -0.3 is 15.8 Å². The summed E-state index contributed by atoms with van der Waals surface area (Å²) in [6, 6.07) is 5.32. The number of carbonyl (C=O) groups is 1. The number of fused-ring (bicyclic) bond motifs is 1. The van der Waals surface area contributed by atoms with Gasteiger partial charge in [-0.15, -0.1) is 0 Å². The van der Waals surface area contributed by atoms with E-state index in [1.54, 1.807) is 7.11 Å². The Morgan fingerprint density at radius 2 is 2.29 bits per heavy atom. The second kappa shape index (κ2) is 4.73. The van der Waals surface area contributed by atoms with Crippen molar-refractivity contribution in [3.05, 3.63) is 23.8 Å². The summed E-state index contributed by atoms with van der Waals surface area (Å²) in [6.07, 6.45) is 0. The summed E-state index contributed by atoms with van der Waals surface area (Å²) in [5.74, 6) is 0.746. The number of carbonyl (C=O) groups excluding carboxylic acids is 1. The lowest BCUT2D eigenvalue weighted by molar-refractivity contribution is -0.120. The van der Waals surface area contributed by atoms with E-state index in [1.807, 2.05) is 30.1 Å². The minimum Gasteiger partial charge on any atom is -0.497 e. The molecular weight excluding hydrogens is 218 g/mol. The minimum absolute atomic E-state index is 0.01000. The van der Waals surface area contributed by atoms with Crippen LogP contribution in [0.15, 0.2) is 18.2 Å². The fourth-order valence-corrected chi connectivity index (χ4v) is 2.12. The van der Waals surface area contributed by atoms with E-state index in [0.717, 1.165) is 17.0 Å². The van der Waals surface area contributed by atoms with Crippen molar-refractivity contribution in [2.75, 3.05) is 32.6 Å². The van der Waals surface area contributed by atoms with Crippen LogP contribution in [-0.2, 0) is 4.79 Å². The number of benzene rings is 1. The Hall–Kier alpha value is -1.59. The molecule has 1 unspecified atom stereocenters. The Morgan fingerprint density at radius 3 is 2.94 bits per heavy atom. The van der Waals surface area contributed by atoms with E-state index in [2.05, 4.69) is 5.32 Å². The summed E-state index contributed by atoms with van der Waals surface area (Å²) in [6.45, 7) is 1.20. The average Bonchev–Trinajstić information content (AvgIpc) is 2.64. The van der Waals surface area contributed by atoms with Gasteiger partial charge in [0.15, 0.2) is 0 Å². The monoisotopic (exact) mass is 235 g/mol. The van der Waals surface area contributed by atoms with Gasteiger partial charge in [-0.25, -0.2) is 0 Å². The maximum absolute atomic E-state index is 11.9. The van der Waals surface area contributed by atoms with Gasteiger partial charge in [-0.2, -0.15) is 0 Å². The number of rotatable bonds is 4. The van der Waals surface area contributed by atoms with E-state index in [0.29, 0.717) is 13.1 Å². The van der Waals surface area contributed by atoms with Gasteiger partial charge in [-0.05, 0) is 25.2 Å². The van der Waals surface area contributed by atoms with E-state index in [-0.39, 0.29) is 11.9 Å². The third-order valence-corrected chi connectivity index (χ3v) is 2.98. The number of hydrogen-bond acceptors (Lipinski definition) is 4. The Bertz CT molecular complexity index is 434. The van der Waals surface area contributed by atoms with Crippen molar-refractivity contribution < 1.29 is 9.53 Å². The first-order valence-corrected chi connectivity index (χ1v) is 5.56. The molecule has 0 radical (unpaired) electrons. The second-order valence-corrected chi connectivity index (χ2v) is 4.11. The Labute approximate surface area is 101 Å². The largest absolute Gasteiger partial charge is 0.497 e. The molecule has 1 atom stereocenters. The van der Waals surface area contributed by atoms with E-state index < -0.39 is 0 Å². The van der Waals surface area contributed by atoms with Crippen molar-refractivity contribution in [3.8, 4) is 5.75 Å². The lowest BCUT2D eigenvalue weighted by Gasteiger charge is -2.22. The van der Waals surface area contributed by atoms with Gasteiger partial charge in [-0.3, -0.25) is 9.69 Å². The number of amides is 1. The molecule has 0 aromatic heterocycles. The number of methoxy groups -OCH3 is 1. The van der Waals surface area contributed by atoms with Gasteiger partial charge in [0, 0.05) is 24.3 Å². The Morgan fingerprint density at radius 1 is 1.53 bits per heavy atom. The van der Waals surface area contributed by atoms with Gasteiger partial charge in [0.2, 0.25) is 5.91 Å². The maximum Gasteiger partial charge on any atom is 0.246 e. The zero-order valence-electron chi connectivity index (χ0n) is 10.1. The van der Waals surface area contributed by atoms with E-state index >= 15 is 0 Å². The molecule has 1 aliphatic heterocycles. The lowest BCUT2D eigenvalue weighted by atomic mass is 10.1. The van der Waals surface area contributed by atoms with Gasteiger partial charge >= 0.3 is 0 Å². The zero-order valence-corrected chi connectivity index (χ0v) is 10.1. The highest BCUT2D eigenvalue weighted by Crippen LogP contribution is 2.36. The topological polar surface area (TPSA) is 67.6 Å². The van der Waals surface area contributed by atoms with Crippen LogP contribution in [0.2, 0.25) is 0 Å². The molecule has 5 nitrogen and oxygen atoms in total. The number of nitrogens with one attached hydrogen (secondary N) is 1. The van der Waals surface area contributed by atoms with Crippen LogP contribution < -0.4 is 15.8 Å². The van der Waals surface area contributed by atoms with Gasteiger partial charge in [0.1, 0.15) is 11.8 Å². The summed E-state index contributed by atoms with van der Waals surface area (Å²) >= 11 is 0. The first kappa shape index (κ1) is 11.9. The van der Waals surface area contributed by atoms with Crippen molar-refractivity contribution in [2.45, 2.75) is 6.04 Å². The number of likely N-dealkylation sites (N-methyl/N-ethyl adjacent to an activating group) is 1. The summed E-state index contributed by atoms with van der Waals surface area (Å²) in [5, 5.41) is 2.86. The summed E-state index contributed by atoms with van der Waals surface area (Å²) in [7, 11) is 3.51. The lowest BCUT2D eigenvalue weighted by Crippen LogP contribution is -2.33. The van der Waals surface area contributed by atoms with Crippen molar-refractivity contribution >= 4 is 11.6 Å². The second-order valence-electron chi connectivity index (χ2n) is 4.11. The molecule has 0 saturated heterocycles. The van der Waals surface area contributed by atoms with E-state index in [1.165, 1.54) is 0 Å². The molecule has 0 fully saturated rings. The molecule has 1 aromatic rings. The van der Waals surface area contributed by atoms with E-state index in [9.17, 15) is 4.79 Å². The highest BCUT2D eigenvalue weighted by Gasteiger charge is 2.33. The molecule has 0 aliphatic carbocycles.